The molecule has 2 aliphatic rings. The monoisotopic (exact) mass is 292 g/mol. The minimum absolute atomic E-state index is 0.155. The Morgan fingerprint density at radius 1 is 1.29 bits per heavy atom. The fourth-order valence-corrected chi connectivity index (χ4v) is 3.06. The molecule has 88 valence electrons. The van der Waals surface area contributed by atoms with Gasteiger partial charge in [0.25, 0.3) is 0 Å². The van der Waals surface area contributed by atoms with Gasteiger partial charge in [-0.3, -0.25) is 4.79 Å². The van der Waals surface area contributed by atoms with Gasteiger partial charge >= 0.3 is 0 Å². The Bertz CT molecular complexity index is 470. The molecule has 0 radical (unpaired) electrons. The number of benzene rings is 1. The number of carbonyl (C=O) groups is 1. The third-order valence-corrected chi connectivity index (χ3v) is 4.12. The molecule has 3 rings (SSSR count). The second-order valence-electron chi connectivity index (χ2n) is 4.63. The fraction of sp³-hybridized carbons (Fsp3) is 0.357. The molecule has 0 N–H and O–H groups in total. The fourth-order valence-electron chi connectivity index (χ4n) is 2.80. The van der Waals surface area contributed by atoms with E-state index < -0.39 is 0 Å². The first kappa shape index (κ1) is 11.2. The van der Waals surface area contributed by atoms with Crippen molar-refractivity contribution < 1.29 is 9.53 Å². The molecule has 1 saturated heterocycles. The summed E-state index contributed by atoms with van der Waals surface area (Å²) in [6.07, 6.45) is 5.60. The van der Waals surface area contributed by atoms with E-state index in [0.717, 1.165) is 29.5 Å². The van der Waals surface area contributed by atoms with E-state index in [-0.39, 0.29) is 17.3 Å². The molecule has 1 spiro atoms. The van der Waals surface area contributed by atoms with Crippen LogP contribution < -0.4 is 0 Å². The second kappa shape index (κ2) is 4.07. The second-order valence-corrected chi connectivity index (χ2v) is 5.54. The third kappa shape index (κ3) is 1.78. The van der Waals surface area contributed by atoms with Crippen LogP contribution in [0.2, 0.25) is 0 Å². The molecule has 1 heterocycles. The lowest BCUT2D eigenvalue weighted by molar-refractivity contribution is -0.119. The van der Waals surface area contributed by atoms with Gasteiger partial charge in [-0.05, 0) is 42.7 Å². The number of hydrogen-bond acceptors (Lipinski definition) is 2. The van der Waals surface area contributed by atoms with Crippen LogP contribution in [0.25, 0.3) is 0 Å². The Morgan fingerprint density at radius 2 is 2.06 bits per heavy atom. The van der Waals surface area contributed by atoms with Gasteiger partial charge in [0.2, 0.25) is 0 Å². The molecule has 1 fully saturated rings. The van der Waals surface area contributed by atoms with Crippen LogP contribution in [-0.2, 0) is 9.53 Å². The van der Waals surface area contributed by atoms with Crippen LogP contribution in [0.1, 0.15) is 24.3 Å². The topological polar surface area (TPSA) is 26.3 Å². The number of ether oxygens (including phenoxy) is 1. The molecule has 2 atom stereocenters. The smallest absolute Gasteiger partial charge is 0.166 e. The predicted molar refractivity (Wildman–Crippen MR) is 68.9 cm³/mol. The molecular formula is C14H13BrO2. The van der Waals surface area contributed by atoms with Crippen molar-refractivity contribution in [2.75, 3.05) is 6.61 Å². The summed E-state index contributed by atoms with van der Waals surface area (Å²) >= 11 is 3.41. The maximum Gasteiger partial charge on any atom is 0.166 e. The lowest BCUT2D eigenvalue weighted by Gasteiger charge is -2.28. The Balaban J connectivity index is 2.00. The summed E-state index contributed by atoms with van der Waals surface area (Å²) in [7, 11) is 0. The molecule has 0 bridgehead atoms. The van der Waals surface area contributed by atoms with E-state index in [0.29, 0.717) is 0 Å². The van der Waals surface area contributed by atoms with Crippen molar-refractivity contribution in [3.8, 4) is 0 Å². The Hall–Kier alpha value is -0.930. The summed E-state index contributed by atoms with van der Waals surface area (Å²) in [6, 6.07) is 7.96. The molecule has 0 saturated carbocycles. The standard InChI is InChI=1S/C14H13BrO2/c15-11-4-2-10(3-5-11)13-12(16)6-8-14(13)7-1-9-17-14/h2-6,8,13H,1,7,9H2/t13-,14-/m1/s1. The van der Waals surface area contributed by atoms with Gasteiger partial charge in [-0.2, -0.15) is 0 Å². The predicted octanol–water partition coefficient (Wildman–Crippen LogP) is 3.22. The van der Waals surface area contributed by atoms with E-state index in [2.05, 4.69) is 15.9 Å². The highest BCUT2D eigenvalue weighted by Gasteiger charge is 2.48. The van der Waals surface area contributed by atoms with Crippen molar-refractivity contribution in [1.82, 2.24) is 0 Å². The summed E-state index contributed by atoms with van der Waals surface area (Å²) < 4.78 is 6.88. The van der Waals surface area contributed by atoms with Crippen LogP contribution >= 0.6 is 15.9 Å². The van der Waals surface area contributed by atoms with Crippen LogP contribution in [0.3, 0.4) is 0 Å². The van der Waals surface area contributed by atoms with Crippen molar-refractivity contribution in [3.63, 3.8) is 0 Å². The summed E-state index contributed by atoms with van der Waals surface area (Å²) in [5.74, 6) is 0.00678. The van der Waals surface area contributed by atoms with Gasteiger partial charge in [0.15, 0.2) is 5.78 Å². The van der Waals surface area contributed by atoms with Gasteiger partial charge in [-0.1, -0.05) is 28.1 Å². The molecule has 0 unspecified atom stereocenters. The molecule has 1 aromatic carbocycles. The summed E-state index contributed by atoms with van der Waals surface area (Å²) in [5, 5.41) is 0. The maximum atomic E-state index is 12.0. The molecule has 17 heavy (non-hydrogen) atoms. The number of ketones is 1. The van der Waals surface area contributed by atoms with E-state index >= 15 is 0 Å². The molecule has 3 heteroatoms. The zero-order chi connectivity index (χ0) is 11.9. The summed E-state index contributed by atoms with van der Waals surface area (Å²) in [6.45, 7) is 0.755. The highest BCUT2D eigenvalue weighted by molar-refractivity contribution is 9.10. The van der Waals surface area contributed by atoms with Gasteiger partial charge in [0.05, 0.1) is 5.92 Å². The number of halogens is 1. The molecular weight excluding hydrogens is 280 g/mol. The van der Waals surface area contributed by atoms with E-state index in [1.54, 1.807) is 6.08 Å². The highest BCUT2D eigenvalue weighted by Crippen LogP contribution is 2.45. The van der Waals surface area contributed by atoms with Gasteiger partial charge < -0.3 is 4.74 Å². The number of hydrogen-bond donors (Lipinski definition) is 0. The lowest BCUT2D eigenvalue weighted by atomic mass is 9.82. The van der Waals surface area contributed by atoms with Crippen LogP contribution in [0.15, 0.2) is 40.9 Å². The minimum Gasteiger partial charge on any atom is -0.370 e. The highest BCUT2D eigenvalue weighted by atomic mass is 79.9. The maximum absolute atomic E-state index is 12.0. The van der Waals surface area contributed by atoms with Gasteiger partial charge in [-0.15, -0.1) is 0 Å². The minimum atomic E-state index is -0.370. The van der Waals surface area contributed by atoms with E-state index in [9.17, 15) is 4.79 Å². The number of rotatable bonds is 1. The quantitative estimate of drug-likeness (QED) is 0.794. The van der Waals surface area contributed by atoms with E-state index in [1.807, 2.05) is 30.3 Å². The number of allylic oxidation sites excluding steroid dienone is 1. The lowest BCUT2D eigenvalue weighted by Crippen LogP contribution is -2.33. The van der Waals surface area contributed by atoms with Gasteiger partial charge in [0.1, 0.15) is 5.60 Å². The first-order valence-corrected chi connectivity index (χ1v) is 6.63. The molecule has 0 aromatic heterocycles. The van der Waals surface area contributed by atoms with E-state index in [1.165, 1.54) is 0 Å². The molecule has 1 aliphatic carbocycles. The first-order chi connectivity index (χ1) is 8.21. The van der Waals surface area contributed by atoms with Crippen LogP contribution in [-0.4, -0.2) is 18.0 Å². The molecule has 0 amide bonds. The van der Waals surface area contributed by atoms with Crippen molar-refractivity contribution in [2.24, 2.45) is 0 Å². The number of carbonyl (C=O) groups excluding carboxylic acids is 1. The van der Waals surface area contributed by atoms with Crippen molar-refractivity contribution in [3.05, 3.63) is 46.5 Å². The van der Waals surface area contributed by atoms with Gasteiger partial charge in [0, 0.05) is 11.1 Å². The average Bonchev–Trinajstić information content (AvgIpc) is 2.91. The van der Waals surface area contributed by atoms with Crippen molar-refractivity contribution in [2.45, 2.75) is 24.4 Å². The molecule has 1 aliphatic heterocycles. The average molecular weight is 293 g/mol. The van der Waals surface area contributed by atoms with Gasteiger partial charge in [-0.25, -0.2) is 0 Å². The van der Waals surface area contributed by atoms with Crippen LogP contribution in [0, 0.1) is 0 Å². The van der Waals surface area contributed by atoms with Crippen molar-refractivity contribution >= 4 is 21.7 Å². The van der Waals surface area contributed by atoms with E-state index in [4.69, 9.17) is 4.74 Å². The Kier molecular flexibility index (Phi) is 2.68. The molecule has 1 aromatic rings. The van der Waals surface area contributed by atoms with Crippen molar-refractivity contribution in [1.29, 1.82) is 0 Å². The Labute approximate surface area is 109 Å². The Morgan fingerprint density at radius 3 is 2.71 bits per heavy atom. The zero-order valence-corrected chi connectivity index (χ0v) is 10.9. The summed E-state index contributed by atoms with van der Waals surface area (Å²) in [5.41, 5.74) is 0.676. The normalized spacial score (nSPS) is 31.6. The zero-order valence-electron chi connectivity index (χ0n) is 9.36. The largest absolute Gasteiger partial charge is 0.370 e. The van der Waals surface area contributed by atoms with Crippen LogP contribution in [0.5, 0.6) is 0 Å². The molecule has 2 nitrogen and oxygen atoms in total. The third-order valence-electron chi connectivity index (χ3n) is 3.59. The summed E-state index contributed by atoms with van der Waals surface area (Å²) in [4.78, 5) is 12.0. The van der Waals surface area contributed by atoms with Crippen LogP contribution in [0.4, 0.5) is 0 Å². The first-order valence-electron chi connectivity index (χ1n) is 5.84. The SMILES string of the molecule is O=C1C=C[C@]2(CCCO2)[C@@H]1c1ccc(Br)cc1.